The van der Waals surface area contributed by atoms with Crippen molar-refractivity contribution in [2.45, 2.75) is 21.5 Å². The monoisotopic (exact) mass is 504 g/mol. The highest BCUT2D eigenvalue weighted by Gasteiger charge is 2.19. The number of carbonyl (C=O) groups is 4. The number of thiazole rings is 2. The summed E-state index contributed by atoms with van der Waals surface area (Å²) in [7, 11) is 0. The zero-order valence-electron chi connectivity index (χ0n) is 15.9. The summed E-state index contributed by atoms with van der Waals surface area (Å²) < 4.78 is 12.3. The van der Waals surface area contributed by atoms with Gasteiger partial charge in [0.05, 0.1) is 44.4 Å². The molecule has 0 N–H and O–H groups in total. The summed E-state index contributed by atoms with van der Waals surface area (Å²) >= 11 is 11.0. The van der Waals surface area contributed by atoms with Gasteiger partial charge in [-0.1, -0.05) is 0 Å². The molecular weight excluding hydrogens is 492 g/mol. The van der Waals surface area contributed by atoms with Crippen molar-refractivity contribution >= 4 is 92.2 Å². The van der Waals surface area contributed by atoms with Gasteiger partial charge >= 0.3 is 23.9 Å². The SMILES string of the molecule is O=C(CCC(=O)OC(=O)c1ccc2sc(S)nc2c1)OC(=O)c1ccc2sc(S)nc2c1. The number of benzene rings is 2. The number of rotatable bonds is 5. The van der Waals surface area contributed by atoms with E-state index in [1.54, 1.807) is 12.1 Å². The van der Waals surface area contributed by atoms with Crippen LogP contribution in [-0.4, -0.2) is 33.8 Å². The lowest BCUT2D eigenvalue weighted by atomic mass is 10.2. The van der Waals surface area contributed by atoms with Crippen LogP contribution in [0.3, 0.4) is 0 Å². The molecule has 8 nitrogen and oxygen atoms in total. The zero-order valence-corrected chi connectivity index (χ0v) is 19.4. The van der Waals surface area contributed by atoms with E-state index in [2.05, 4.69) is 35.2 Å². The summed E-state index contributed by atoms with van der Waals surface area (Å²) in [4.78, 5) is 56.5. The van der Waals surface area contributed by atoms with E-state index in [0.717, 1.165) is 9.40 Å². The Balaban J connectivity index is 1.29. The predicted octanol–water partition coefficient (Wildman–Crippen LogP) is 4.33. The Bertz CT molecular complexity index is 1290. The Labute approximate surface area is 199 Å². The predicted molar refractivity (Wildman–Crippen MR) is 124 cm³/mol. The molecule has 162 valence electrons. The third-order valence-electron chi connectivity index (χ3n) is 4.17. The highest BCUT2D eigenvalue weighted by atomic mass is 32.2. The van der Waals surface area contributed by atoms with Crippen LogP contribution in [0.4, 0.5) is 0 Å². The van der Waals surface area contributed by atoms with Crippen LogP contribution in [0.2, 0.25) is 0 Å². The Hall–Kier alpha value is -2.80. The summed E-state index contributed by atoms with van der Waals surface area (Å²) in [5.41, 5.74) is 1.41. The van der Waals surface area contributed by atoms with Crippen LogP contribution >= 0.6 is 47.9 Å². The van der Waals surface area contributed by atoms with Gasteiger partial charge in [-0.15, -0.1) is 47.9 Å². The average Bonchev–Trinajstić information content (AvgIpc) is 3.31. The van der Waals surface area contributed by atoms with Crippen LogP contribution in [0.25, 0.3) is 20.4 Å². The number of esters is 4. The summed E-state index contributed by atoms with van der Waals surface area (Å²) in [6.45, 7) is 0. The summed E-state index contributed by atoms with van der Waals surface area (Å²) in [5.74, 6) is -3.57. The number of fused-ring (bicyclic) bond motifs is 2. The molecule has 4 aromatic rings. The molecule has 0 atom stereocenters. The van der Waals surface area contributed by atoms with E-state index >= 15 is 0 Å². The minimum atomic E-state index is -0.919. The smallest absolute Gasteiger partial charge is 0.345 e. The highest BCUT2D eigenvalue weighted by Crippen LogP contribution is 2.26. The minimum Gasteiger partial charge on any atom is -0.389 e. The van der Waals surface area contributed by atoms with E-state index in [0.29, 0.717) is 19.7 Å². The normalized spacial score (nSPS) is 10.9. The number of aromatic nitrogens is 2. The van der Waals surface area contributed by atoms with Gasteiger partial charge in [0.25, 0.3) is 0 Å². The molecule has 0 saturated heterocycles. The summed E-state index contributed by atoms with van der Waals surface area (Å²) in [6, 6.07) is 9.35. The van der Waals surface area contributed by atoms with Crippen LogP contribution in [0.15, 0.2) is 45.1 Å². The van der Waals surface area contributed by atoms with Crippen molar-refractivity contribution in [3.05, 3.63) is 47.5 Å². The molecule has 0 amide bonds. The van der Waals surface area contributed by atoms with Crippen molar-refractivity contribution in [2.24, 2.45) is 0 Å². The number of hydrogen-bond donors (Lipinski definition) is 2. The topological polar surface area (TPSA) is 113 Å². The number of hydrogen-bond acceptors (Lipinski definition) is 12. The first-order valence-corrected chi connectivity index (χ1v) is 11.5. The van der Waals surface area contributed by atoms with Gasteiger partial charge in [-0.25, -0.2) is 19.6 Å². The Morgan fingerprint density at radius 2 is 1.12 bits per heavy atom. The molecule has 0 aliphatic rings. The maximum Gasteiger partial charge on any atom is 0.345 e. The van der Waals surface area contributed by atoms with E-state index in [-0.39, 0.29) is 11.1 Å². The molecule has 12 heteroatoms. The second kappa shape index (κ2) is 9.36. The fourth-order valence-corrected chi connectivity index (χ4v) is 4.89. The van der Waals surface area contributed by atoms with Gasteiger partial charge < -0.3 is 9.47 Å². The molecule has 0 fully saturated rings. The molecule has 0 spiro atoms. The van der Waals surface area contributed by atoms with Crippen molar-refractivity contribution in [1.29, 1.82) is 0 Å². The van der Waals surface area contributed by atoms with E-state index in [1.807, 2.05) is 0 Å². The quantitative estimate of drug-likeness (QED) is 0.235. The van der Waals surface area contributed by atoms with E-state index in [9.17, 15) is 19.2 Å². The van der Waals surface area contributed by atoms with Gasteiger partial charge in [0.1, 0.15) is 8.68 Å². The van der Waals surface area contributed by atoms with Crippen LogP contribution in [0, 0.1) is 0 Å². The summed E-state index contributed by atoms with van der Waals surface area (Å²) in [5, 5.41) is 0. The fourth-order valence-electron chi connectivity index (χ4n) is 2.72. The van der Waals surface area contributed by atoms with Gasteiger partial charge in [-0.05, 0) is 36.4 Å². The first-order valence-electron chi connectivity index (χ1n) is 8.97. The highest BCUT2D eigenvalue weighted by molar-refractivity contribution is 7.83. The molecular formula is C20H12N2O6S4. The van der Waals surface area contributed by atoms with Gasteiger partial charge in [0.2, 0.25) is 0 Å². The van der Waals surface area contributed by atoms with E-state index < -0.39 is 36.7 Å². The second-order valence-corrected chi connectivity index (χ2v) is 9.89. The molecule has 0 aliphatic heterocycles. The van der Waals surface area contributed by atoms with Gasteiger partial charge in [-0.2, -0.15) is 0 Å². The van der Waals surface area contributed by atoms with Crippen molar-refractivity contribution in [1.82, 2.24) is 9.97 Å². The third kappa shape index (κ3) is 5.15. The van der Waals surface area contributed by atoms with Gasteiger partial charge in [0, 0.05) is 0 Å². The number of carbonyl (C=O) groups excluding carboxylic acids is 4. The molecule has 0 bridgehead atoms. The second-order valence-electron chi connectivity index (χ2n) is 6.38. The van der Waals surface area contributed by atoms with Crippen molar-refractivity contribution in [3.63, 3.8) is 0 Å². The number of nitrogens with zero attached hydrogens (tertiary/aromatic N) is 2. The Kier molecular flexibility index (Phi) is 6.55. The molecule has 2 aromatic heterocycles. The van der Waals surface area contributed by atoms with Crippen molar-refractivity contribution in [3.8, 4) is 0 Å². The number of thiol groups is 2. The fraction of sp³-hybridized carbons (Fsp3) is 0.100. The lowest BCUT2D eigenvalue weighted by molar-refractivity contribution is -0.144. The van der Waals surface area contributed by atoms with Gasteiger partial charge in [-0.3, -0.25) is 9.59 Å². The Morgan fingerprint density at radius 3 is 1.53 bits per heavy atom. The van der Waals surface area contributed by atoms with Crippen molar-refractivity contribution < 1.29 is 28.7 Å². The van der Waals surface area contributed by atoms with Crippen LogP contribution in [0.5, 0.6) is 0 Å². The van der Waals surface area contributed by atoms with E-state index in [4.69, 9.17) is 9.47 Å². The molecule has 2 aromatic carbocycles. The lowest BCUT2D eigenvalue weighted by Gasteiger charge is -2.04. The first kappa shape index (κ1) is 22.4. The third-order valence-corrected chi connectivity index (χ3v) is 6.60. The van der Waals surface area contributed by atoms with Gasteiger partial charge in [0.15, 0.2) is 0 Å². The van der Waals surface area contributed by atoms with Crippen molar-refractivity contribution in [2.75, 3.05) is 0 Å². The van der Waals surface area contributed by atoms with E-state index in [1.165, 1.54) is 46.9 Å². The molecule has 0 unspecified atom stereocenters. The average molecular weight is 505 g/mol. The summed E-state index contributed by atoms with van der Waals surface area (Å²) in [6.07, 6.45) is -0.850. The van der Waals surface area contributed by atoms with Crippen LogP contribution in [0.1, 0.15) is 33.6 Å². The van der Waals surface area contributed by atoms with Crippen LogP contribution < -0.4 is 0 Å². The molecule has 4 rings (SSSR count). The number of ether oxygens (including phenoxy) is 2. The first-order chi connectivity index (χ1) is 15.3. The Morgan fingerprint density at radius 1 is 0.719 bits per heavy atom. The minimum absolute atomic E-state index is 0.143. The standard InChI is InChI=1S/C20H12N2O6S4/c23-15(27-17(25)9-1-3-13-11(7-9)21-19(29)31-13)5-6-16(24)28-18(26)10-2-4-14-12(8-10)22-20(30)32-14/h1-4,7-8H,5-6H2,(H,21,29)(H,22,30). The molecule has 0 saturated carbocycles. The molecule has 0 radical (unpaired) electrons. The molecule has 2 heterocycles. The maximum atomic E-state index is 12.2. The molecule has 32 heavy (non-hydrogen) atoms. The largest absolute Gasteiger partial charge is 0.389 e. The maximum absolute atomic E-state index is 12.2. The zero-order chi connectivity index (χ0) is 22.8. The lowest BCUT2D eigenvalue weighted by Crippen LogP contribution is -2.17. The molecule has 0 aliphatic carbocycles. The van der Waals surface area contributed by atoms with Crippen LogP contribution in [-0.2, 0) is 19.1 Å².